The number of nitrogens with one attached hydrogen (secondary N) is 1. The van der Waals surface area contributed by atoms with Crippen molar-refractivity contribution in [3.05, 3.63) is 51.5 Å². The van der Waals surface area contributed by atoms with Crippen molar-refractivity contribution >= 4 is 29.0 Å². The van der Waals surface area contributed by atoms with Crippen molar-refractivity contribution in [2.75, 3.05) is 0 Å². The molecule has 2 atom stereocenters. The van der Waals surface area contributed by atoms with Crippen LogP contribution in [0.15, 0.2) is 34.6 Å². The smallest absolute Gasteiger partial charge is 0.341 e. The third-order valence-corrected chi connectivity index (χ3v) is 6.85. The molecule has 1 aromatic heterocycles. The first kappa shape index (κ1) is 19.8. The molecule has 1 aliphatic heterocycles. The minimum Gasteiger partial charge on any atom is -0.478 e. The number of aromatic nitrogens is 1. The summed E-state index contributed by atoms with van der Waals surface area (Å²) in [6.07, 6.45) is 6.82. The summed E-state index contributed by atoms with van der Waals surface area (Å²) < 4.78 is 0. The molecule has 0 radical (unpaired) electrons. The number of hydrogen-bond acceptors (Lipinski definition) is 4. The van der Waals surface area contributed by atoms with E-state index in [1.165, 1.54) is 32.1 Å². The van der Waals surface area contributed by atoms with Gasteiger partial charge in [-0.15, -0.1) is 11.3 Å². The van der Waals surface area contributed by atoms with E-state index in [4.69, 9.17) is 4.98 Å². The van der Waals surface area contributed by atoms with E-state index in [0.717, 1.165) is 22.0 Å². The summed E-state index contributed by atoms with van der Waals surface area (Å²) in [4.78, 5) is 32.9. The van der Waals surface area contributed by atoms with Gasteiger partial charge in [0.15, 0.2) is 0 Å². The van der Waals surface area contributed by atoms with Crippen molar-refractivity contribution in [2.24, 2.45) is 4.99 Å². The summed E-state index contributed by atoms with van der Waals surface area (Å²) in [5.41, 5.74) is 2.91. The van der Waals surface area contributed by atoms with Crippen molar-refractivity contribution in [2.45, 2.75) is 63.3 Å². The Morgan fingerprint density at radius 3 is 2.79 bits per heavy atom. The molecule has 1 fully saturated rings. The van der Waals surface area contributed by atoms with E-state index in [1.807, 2.05) is 13.0 Å². The maximum Gasteiger partial charge on any atom is 0.341 e. The molecule has 2 aliphatic rings. The molecule has 2 N–H and O–H groups in total. The number of aromatic carboxylic acids is 1. The average Bonchev–Trinajstić information content (AvgIpc) is 3.23. The molecule has 1 saturated carbocycles. The van der Waals surface area contributed by atoms with Crippen LogP contribution in [-0.2, 0) is 0 Å². The Balaban J connectivity index is 1.72. The van der Waals surface area contributed by atoms with Gasteiger partial charge in [-0.25, -0.2) is 19.6 Å². The molecule has 2 amide bonds. The molecule has 1 aromatic carbocycles. The van der Waals surface area contributed by atoms with E-state index in [2.05, 4.69) is 15.7 Å². The molecule has 6 nitrogen and oxygen atoms in total. The first-order valence-electron chi connectivity index (χ1n) is 10.2. The zero-order valence-electron chi connectivity index (χ0n) is 16.4. The number of rotatable bonds is 5. The van der Waals surface area contributed by atoms with Gasteiger partial charge in [-0.1, -0.05) is 38.3 Å². The van der Waals surface area contributed by atoms with Crippen molar-refractivity contribution in [1.29, 1.82) is 0 Å². The third-order valence-electron chi connectivity index (χ3n) is 5.90. The fraction of sp³-hybridized carbons (Fsp3) is 0.455. The van der Waals surface area contributed by atoms with Gasteiger partial charge in [0.25, 0.3) is 0 Å². The number of carbonyl (C=O) groups is 2. The van der Waals surface area contributed by atoms with Crippen LogP contribution in [0.3, 0.4) is 0 Å². The van der Waals surface area contributed by atoms with Crippen molar-refractivity contribution < 1.29 is 14.7 Å². The second-order valence-corrected chi connectivity index (χ2v) is 8.63. The minimum absolute atomic E-state index is 0.177. The second-order valence-electron chi connectivity index (χ2n) is 7.74. The van der Waals surface area contributed by atoms with Gasteiger partial charge in [0.2, 0.25) is 0 Å². The summed E-state index contributed by atoms with van der Waals surface area (Å²) in [6, 6.07) is 6.01. The molecule has 0 saturated heterocycles. The number of amides is 2. The normalized spacial score (nSPS) is 22.8. The number of nitrogens with zero attached hydrogens (tertiary/aromatic N) is 2. The Labute approximate surface area is 174 Å². The number of aliphatic imine (C=N–C) groups is 1. The summed E-state index contributed by atoms with van der Waals surface area (Å²) in [6.45, 7) is 1.99. The highest BCUT2D eigenvalue weighted by Gasteiger charge is 2.36. The molecule has 7 heteroatoms. The molecule has 2 aromatic rings. The highest BCUT2D eigenvalue weighted by atomic mass is 32.1. The summed E-state index contributed by atoms with van der Waals surface area (Å²) >= 11 is 1.62. The van der Waals surface area contributed by atoms with Gasteiger partial charge in [-0.3, -0.25) is 0 Å². The molecule has 0 spiro atoms. The number of carbonyl (C=O) groups excluding carboxylic acids is 1. The minimum atomic E-state index is -0.983. The topological polar surface area (TPSA) is 91.7 Å². The highest BCUT2D eigenvalue weighted by molar-refractivity contribution is 7.09. The van der Waals surface area contributed by atoms with Gasteiger partial charge in [0, 0.05) is 17.0 Å². The lowest BCUT2D eigenvalue weighted by Gasteiger charge is -2.31. The predicted molar refractivity (Wildman–Crippen MR) is 113 cm³/mol. The molecular weight excluding hydrogens is 386 g/mol. The molecule has 2 unspecified atom stereocenters. The van der Waals surface area contributed by atoms with Crippen LogP contribution < -0.4 is 5.32 Å². The van der Waals surface area contributed by atoms with E-state index in [0.29, 0.717) is 12.3 Å². The molecule has 29 heavy (non-hydrogen) atoms. The maximum atomic E-state index is 12.2. The largest absolute Gasteiger partial charge is 0.478 e. The highest BCUT2D eigenvalue weighted by Crippen LogP contribution is 2.40. The van der Waals surface area contributed by atoms with Crippen LogP contribution in [-0.4, -0.2) is 27.8 Å². The van der Waals surface area contributed by atoms with Gasteiger partial charge in [-0.05, 0) is 37.0 Å². The van der Waals surface area contributed by atoms with Crippen LogP contribution in [0.4, 0.5) is 4.79 Å². The maximum absolute atomic E-state index is 12.2. The molecule has 1 aliphatic carbocycles. The van der Waals surface area contributed by atoms with Gasteiger partial charge in [0.1, 0.15) is 5.01 Å². The second kappa shape index (κ2) is 8.45. The van der Waals surface area contributed by atoms with Crippen molar-refractivity contribution in [3.8, 4) is 0 Å². The Morgan fingerprint density at radius 1 is 1.28 bits per heavy atom. The van der Waals surface area contributed by atoms with E-state index in [-0.39, 0.29) is 23.6 Å². The number of hydrogen-bond donors (Lipinski definition) is 2. The average molecular weight is 412 g/mol. The summed E-state index contributed by atoms with van der Waals surface area (Å²) in [5, 5.41) is 15.4. The SMILES string of the molecule is CCC1=NC(=O)NC(c2cccc(C(=O)O)c2)C1c1nc(C2CCCCC2)cs1. The van der Waals surface area contributed by atoms with E-state index >= 15 is 0 Å². The van der Waals surface area contributed by atoms with Crippen molar-refractivity contribution in [1.82, 2.24) is 10.3 Å². The standard InChI is InChI=1S/C22H25N3O3S/c1-2-16-18(20-23-17(12-29-20)13-7-4-3-5-8-13)19(25-22(28)24-16)14-9-6-10-15(11-14)21(26)27/h6,9-13,18-19H,2-5,7-8H2,1H3,(H,25,28)(H,26,27). The van der Waals surface area contributed by atoms with E-state index < -0.39 is 5.97 Å². The predicted octanol–water partition coefficient (Wildman–Crippen LogP) is 5.29. The van der Waals surface area contributed by atoms with Gasteiger partial charge < -0.3 is 10.4 Å². The monoisotopic (exact) mass is 411 g/mol. The third kappa shape index (κ3) is 4.10. The zero-order chi connectivity index (χ0) is 20.4. The molecular formula is C22H25N3O3S. The summed E-state index contributed by atoms with van der Waals surface area (Å²) in [5.74, 6) is -0.643. The quantitative estimate of drug-likeness (QED) is 0.699. The Kier molecular flexibility index (Phi) is 5.76. The van der Waals surface area contributed by atoms with Gasteiger partial charge >= 0.3 is 12.0 Å². The molecule has 152 valence electrons. The summed E-state index contributed by atoms with van der Waals surface area (Å²) in [7, 11) is 0. The fourth-order valence-corrected chi connectivity index (χ4v) is 5.46. The van der Waals surface area contributed by atoms with Crippen molar-refractivity contribution in [3.63, 3.8) is 0 Å². The Bertz CT molecular complexity index is 946. The number of urea groups is 1. The lowest BCUT2D eigenvalue weighted by molar-refractivity contribution is 0.0696. The van der Waals surface area contributed by atoms with Crippen LogP contribution in [0, 0.1) is 0 Å². The molecule has 4 rings (SSSR count). The number of carboxylic acid groups (broad SMARTS) is 1. The van der Waals surface area contributed by atoms with E-state index in [9.17, 15) is 14.7 Å². The van der Waals surface area contributed by atoms with Crippen LogP contribution in [0.2, 0.25) is 0 Å². The lowest BCUT2D eigenvalue weighted by Crippen LogP contribution is -2.39. The zero-order valence-corrected chi connectivity index (χ0v) is 17.2. The number of carboxylic acids is 1. The Morgan fingerprint density at radius 2 is 2.07 bits per heavy atom. The van der Waals surface area contributed by atoms with Gasteiger partial charge in [-0.2, -0.15) is 0 Å². The van der Waals surface area contributed by atoms with Crippen LogP contribution >= 0.6 is 11.3 Å². The number of thiazole rings is 1. The molecule has 2 heterocycles. The van der Waals surface area contributed by atoms with Crippen LogP contribution in [0.5, 0.6) is 0 Å². The number of benzene rings is 1. The Hall–Kier alpha value is -2.54. The van der Waals surface area contributed by atoms with Crippen LogP contribution in [0.1, 0.15) is 89.9 Å². The van der Waals surface area contributed by atoms with Gasteiger partial charge in [0.05, 0.1) is 23.2 Å². The fourth-order valence-electron chi connectivity index (χ4n) is 4.40. The van der Waals surface area contributed by atoms with E-state index in [1.54, 1.807) is 29.5 Å². The first-order chi connectivity index (χ1) is 14.1. The lowest BCUT2D eigenvalue weighted by atomic mass is 9.85. The van der Waals surface area contributed by atoms with Crippen LogP contribution in [0.25, 0.3) is 0 Å². The first-order valence-corrected chi connectivity index (χ1v) is 11.1. The molecule has 0 bridgehead atoms.